The van der Waals surface area contributed by atoms with Crippen molar-refractivity contribution in [1.82, 2.24) is 0 Å². The summed E-state index contributed by atoms with van der Waals surface area (Å²) in [5.74, 6) is 0.410. The second kappa shape index (κ2) is 8.57. The van der Waals surface area contributed by atoms with E-state index >= 15 is 0 Å². The zero-order valence-corrected chi connectivity index (χ0v) is 16.8. The van der Waals surface area contributed by atoms with Crippen LogP contribution in [-0.4, -0.2) is 25.6 Å². The van der Waals surface area contributed by atoms with Crippen molar-refractivity contribution in [2.75, 3.05) is 19.0 Å². The summed E-state index contributed by atoms with van der Waals surface area (Å²) in [7, 11) is 1.37. The fraction of sp³-hybridized carbons (Fsp3) is 0.429. The number of hydrogen-bond acceptors (Lipinski definition) is 5. The van der Waals surface area contributed by atoms with E-state index < -0.39 is 5.97 Å². The summed E-state index contributed by atoms with van der Waals surface area (Å²) in [6.45, 7) is 4.82. The average molecular weight is 388 g/mol. The van der Waals surface area contributed by atoms with Gasteiger partial charge in [-0.3, -0.25) is 4.79 Å². The van der Waals surface area contributed by atoms with Crippen LogP contribution < -0.4 is 10.1 Å². The molecule has 27 heavy (non-hydrogen) atoms. The number of carbonyl (C=O) groups is 2. The van der Waals surface area contributed by atoms with Gasteiger partial charge in [0.2, 0.25) is 0 Å². The molecule has 1 amide bonds. The Balaban J connectivity index is 1.82. The number of amides is 1. The zero-order valence-electron chi connectivity index (χ0n) is 16.0. The van der Waals surface area contributed by atoms with Crippen LogP contribution in [0.1, 0.15) is 57.8 Å². The highest BCUT2D eigenvalue weighted by atomic mass is 32.1. The minimum absolute atomic E-state index is 0.278. The maximum Gasteiger partial charge on any atom is 0.341 e. The fourth-order valence-electron chi connectivity index (χ4n) is 3.17. The van der Waals surface area contributed by atoms with E-state index in [9.17, 15) is 9.59 Å². The van der Waals surface area contributed by atoms with E-state index in [1.807, 2.05) is 6.07 Å². The lowest BCUT2D eigenvalue weighted by atomic mass is 10.1. The van der Waals surface area contributed by atoms with E-state index in [4.69, 9.17) is 9.47 Å². The predicted molar refractivity (Wildman–Crippen MR) is 107 cm³/mol. The van der Waals surface area contributed by atoms with E-state index in [0.29, 0.717) is 34.4 Å². The lowest BCUT2D eigenvalue weighted by molar-refractivity contribution is 0.0601. The Morgan fingerprint density at radius 2 is 2.00 bits per heavy atom. The number of anilines is 1. The Kier molecular flexibility index (Phi) is 6.16. The molecule has 1 heterocycles. The van der Waals surface area contributed by atoms with Crippen LogP contribution in [0.25, 0.3) is 0 Å². The number of benzene rings is 1. The normalized spacial score (nSPS) is 12.7. The Bertz CT molecular complexity index is 841. The van der Waals surface area contributed by atoms with Crippen LogP contribution in [-0.2, 0) is 17.6 Å². The molecular formula is C21H25NO4S. The van der Waals surface area contributed by atoms with Crippen molar-refractivity contribution in [3.05, 3.63) is 45.8 Å². The van der Waals surface area contributed by atoms with E-state index in [1.165, 1.54) is 18.4 Å². The van der Waals surface area contributed by atoms with Crippen LogP contribution in [0.5, 0.6) is 5.75 Å². The van der Waals surface area contributed by atoms with Crippen LogP contribution in [0, 0.1) is 5.92 Å². The topological polar surface area (TPSA) is 64.6 Å². The summed E-state index contributed by atoms with van der Waals surface area (Å²) < 4.78 is 10.8. The van der Waals surface area contributed by atoms with Gasteiger partial charge in [-0.15, -0.1) is 11.3 Å². The second-order valence-electron chi connectivity index (χ2n) is 7.03. The number of para-hydroxylation sites is 1. The summed E-state index contributed by atoms with van der Waals surface area (Å²) in [5.41, 5.74) is 1.98. The third-order valence-electron chi connectivity index (χ3n) is 4.62. The summed E-state index contributed by atoms with van der Waals surface area (Å²) in [6, 6.07) is 7.19. The highest BCUT2D eigenvalue weighted by molar-refractivity contribution is 7.17. The lowest BCUT2D eigenvalue weighted by Crippen LogP contribution is -2.16. The second-order valence-corrected chi connectivity index (χ2v) is 8.14. The molecule has 0 spiro atoms. The van der Waals surface area contributed by atoms with Crippen LogP contribution in [0.3, 0.4) is 0 Å². The molecular weight excluding hydrogens is 362 g/mol. The van der Waals surface area contributed by atoms with Gasteiger partial charge in [-0.1, -0.05) is 26.0 Å². The molecule has 5 nitrogen and oxygen atoms in total. The minimum Gasteiger partial charge on any atom is -0.493 e. The average Bonchev–Trinajstić information content (AvgIpc) is 3.22. The predicted octanol–water partition coefficient (Wildman–Crippen LogP) is 4.70. The maximum absolute atomic E-state index is 12.9. The molecule has 1 aliphatic rings. The Labute approximate surface area is 163 Å². The zero-order chi connectivity index (χ0) is 19.4. The van der Waals surface area contributed by atoms with Crippen LogP contribution in [0.4, 0.5) is 5.00 Å². The molecule has 2 aromatic rings. The first kappa shape index (κ1) is 19.4. The Hall–Kier alpha value is -2.34. The maximum atomic E-state index is 12.9. The number of nitrogens with one attached hydrogen (secondary N) is 1. The highest BCUT2D eigenvalue weighted by Gasteiger charge is 2.28. The smallest absolute Gasteiger partial charge is 0.341 e. The molecule has 0 fully saturated rings. The summed E-state index contributed by atoms with van der Waals surface area (Å²) >= 11 is 1.47. The third-order valence-corrected chi connectivity index (χ3v) is 5.83. The van der Waals surface area contributed by atoms with Gasteiger partial charge >= 0.3 is 5.97 Å². The van der Waals surface area contributed by atoms with Gasteiger partial charge in [-0.05, 0) is 49.3 Å². The number of carbonyl (C=O) groups excluding carboxylic acids is 2. The highest BCUT2D eigenvalue weighted by Crippen LogP contribution is 2.39. The third kappa shape index (κ3) is 4.33. The number of thiophene rings is 1. The Morgan fingerprint density at radius 3 is 2.74 bits per heavy atom. The minimum atomic E-state index is -0.397. The van der Waals surface area contributed by atoms with Gasteiger partial charge in [0.25, 0.3) is 5.91 Å². The first-order valence-corrected chi connectivity index (χ1v) is 10.1. The van der Waals surface area contributed by atoms with Crippen molar-refractivity contribution in [3.63, 3.8) is 0 Å². The number of methoxy groups -OCH3 is 1. The van der Waals surface area contributed by atoms with Crippen LogP contribution in [0.2, 0.25) is 0 Å². The van der Waals surface area contributed by atoms with E-state index in [2.05, 4.69) is 19.2 Å². The molecule has 0 bridgehead atoms. The number of esters is 1. The molecule has 0 unspecified atom stereocenters. The molecule has 0 aliphatic heterocycles. The van der Waals surface area contributed by atoms with Crippen molar-refractivity contribution in [3.8, 4) is 5.75 Å². The number of fused-ring (bicyclic) bond motifs is 1. The fourth-order valence-corrected chi connectivity index (χ4v) is 4.44. The molecule has 6 heteroatoms. The first-order chi connectivity index (χ1) is 13.0. The van der Waals surface area contributed by atoms with E-state index in [0.717, 1.165) is 36.1 Å². The SMILES string of the molecule is COC(=O)c1c(NC(=O)c2ccccc2OCCC(C)C)sc2c1CCC2. The quantitative estimate of drug-likeness (QED) is 0.700. The van der Waals surface area contributed by atoms with Crippen molar-refractivity contribution >= 4 is 28.2 Å². The van der Waals surface area contributed by atoms with Gasteiger partial charge in [0, 0.05) is 4.88 Å². The van der Waals surface area contributed by atoms with Crippen LogP contribution >= 0.6 is 11.3 Å². The van der Waals surface area contributed by atoms with Crippen molar-refractivity contribution in [1.29, 1.82) is 0 Å². The van der Waals surface area contributed by atoms with Gasteiger partial charge in [-0.25, -0.2) is 4.79 Å². The van der Waals surface area contributed by atoms with Crippen LogP contribution in [0.15, 0.2) is 24.3 Å². The van der Waals surface area contributed by atoms with Crippen molar-refractivity contribution in [2.45, 2.75) is 39.5 Å². The number of aryl methyl sites for hydroxylation is 1. The molecule has 1 N–H and O–H groups in total. The van der Waals surface area contributed by atoms with Crippen molar-refractivity contribution in [2.24, 2.45) is 5.92 Å². The van der Waals surface area contributed by atoms with Gasteiger partial charge in [0.05, 0.1) is 24.8 Å². The lowest BCUT2D eigenvalue weighted by Gasteiger charge is -2.13. The summed E-state index contributed by atoms with van der Waals surface area (Å²) in [4.78, 5) is 26.3. The number of rotatable bonds is 7. The molecule has 0 saturated carbocycles. The summed E-state index contributed by atoms with van der Waals surface area (Å²) in [5, 5.41) is 3.47. The Morgan fingerprint density at radius 1 is 1.22 bits per heavy atom. The molecule has 1 aliphatic carbocycles. The van der Waals surface area contributed by atoms with Gasteiger partial charge in [-0.2, -0.15) is 0 Å². The van der Waals surface area contributed by atoms with Gasteiger partial charge in [0.15, 0.2) is 0 Å². The molecule has 0 saturated heterocycles. The van der Waals surface area contributed by atoms with E-state index in [-0.39, 0.29) is 5.91 Å². The largest absolute Gasteiger partial charge is 0.493 e. The number of ether oxygens (including phenoxy) is 2. The first-order valence-electron chi connectivity index (χ1n) is 9.27. The monoisotopic (exact) mass is 387 g/mol. The van der Waals surface area contributed by atoms with Gasteiger partial charge < -0.3 is 14.8 Å². The van der Waals surface area contributed by atoms with Crippen molar-refractivity contribution < 1.29 is 19.1 Å². The standard InChI is InChI=1S/C21H25NO4S/c1-13(2)11-12-26-16-9-5-4-7-14(16)19(23)22-20-18(21(24)25-3)15-8-6-10-17(15)27-20/h4-5,7,9,13H,6,8,10-12H2,1-3H3,(H,22,23). The molecule has 144 valence electrons. The number of hydrogen-bond donors (Lipinski definition) is 1. The molecule has 1 aromatic carbocycles. The summed E-state index contributed by atoms with van der Waals surface area (Å²) in [6.07, 6.45) is 3.74. The molecule has 1 aromatic heterocycles. The van der Waals surface area contributed by atoms with E-state index in [1.54, 1.807) is 18.2 Å². The molecule has 3 rings (SSSR count). The molecule has 0 radical (unpaired) electrons. The molecule has 0 atom stereocenters. The van der Waals surface area contributed by atoms with Gasteiger partial charge in [0.1, 0.15) is 10.8 Å².